The minimum Gasteiger partial charge on any atom is -0.377 e. The molecule has 0 aliphatic heterocycles. The monoisotopic (exact) mass is 402 g/mol. The highest BCUT2D eigenvalue weighted by molar-refractivity contribution is 7.94. The topological polar surface area (TPSA) is 69.3 Å². The van der Waals surface area contributed by atoms with Crippen LogP contribution in [0.1, 0.15) is 12.8 Å². The summed E-state index contributed by atoms with van der Waals surface area (Å²) >= 11 is 1.39. The van der Waals surface area contributed by atoms with Crippen molar-refractivity contribution in [3.63, 3.8) is 0 Å². The Hall–Kier alpha value is -1.10. The lowest BCUT2D eigenvalue weighted by Crippen LogP contribution is -2.44. The Morgan fingerprint density at radius 3 is 2.23 bits per heavy atom. The number of urea groups is 1. The molecule has 0 spiro atoms. The summed E-state index contributed by atoms with van der Waals surface area (Å²) < 4.78 is 21.3. The number of rotatable bonds is 13. The normalized spacial score (nSPS) is 11.4. The maximum atomic E-state index is 12.6. The predicted molar refractivity (Wildman–Crippen MR) is 107 cm³/mol. The molecule has 0 aliphatic rings. The second-order valence-corrected chi connectivity index (χ2v) is 9.59. The molecule has 0 atom stereocenters. The Labute approximate surface area is 161 Å². The smallest absolute Gasteiger partial charge is 0.377 e. The number of nitrogens with zero attached hydrogens (tertiary/aromatic N) is 1. The average molecular weight is 403 g/mol. The van der Waals surface area contributed by atoms with Crippen molar-refractivity contribution >= 4 is 32.6 Å². The van der Waals surface area contributed by atoms with Gasteiger partial charge in [-0.1, -0.05) is 18.2 Å². The summed E-state index contributed by atoms with van der Waals surface area (Å²) in [5.74, 6) is 0.832. The molecule has 2 amide bonds. The largest absolute Gasteiger partial charge is 0.500 e. The summed E-state index contributed by atoms with van der Waals surface area (Å²) in [6.07, 6.45) is 1.59. The van der Waals surface area contributed by atoms with Gasteiger partial charge >= 0.3 is 14.8 Å². The van der Waals surface area contributed by atoms with Gasteiger partial charge in [-0.25, -0.2) is 4.79 Å². The van der Waals surface area contributed by atoms with Crippen LogP contribution in [-0.2, 0) is 17.5 Å². The Kier molecular flexibility index (Phi) is 11.6. The van der Waals surface area contributed by atoms with Crippen LogP contribution in [0, 0.1) is 0 Å². The maximum Gasteiger partial charge on any atom is 0.500 e. The van der Waals surface area contributed by atoms with Gasteiger partial charge in [-0.3, -0.25) is 0 Å². The second-order valence-electron chi connectivity index (χ2n) is 5.52. The van der Waals surface area contributed by atoms with Crippen LogP contribution in [0.15, 0.2) is 30.3 Å². The van der Waals surface area contributed by atoms with Gasteiger partial charge in [0.1, 0.15) is 0 Å². The fraction of sp³-hybridized carbons (Fsp3) is 0.588. The van der Waals surface area contributed by atoms with Crippen LogP contribution in [0.25, 0.3) is 0 Å². The second kappa shape index (κ2) is 13.1. The summed E-state index contributed by atoms with van der Waals surface area (Å²) in [6, 6.07) is 9.98. The minimum absolute atomic E-state index is 0.113. The zero-order valence-electron chi connectivity index (χ0n) is 16.0. The number of carbonyl (C=O) groups excluding carboxylic acids is 1. The molecule has 0 saturated carbocycles. The van der Waals surface area contributed by atoms with E-state index in [1.54, 1.807) is 28.4 Å². The quantitative estimate of drug-likeness (QED) is 0.309. The molecular formula is C17H30N2O5SSi. The molecule has 0 radical (unpaired) electrons. The number of anilines is 1. The first kappa shape index (κ1) is 22.9. The van der Waals surface area contributed by atoms with Gasteiger partial charge in [-0.05, 0) is 37.0 Å². The zero-order valence-corrected chi connectivity index (χ0v) is 17.8. The van der Waals surface area contributed by atoms with Crippen molar-refractivity contribution in [3.05, 3.63) is 30.3 Å². The summed E-state index contributed by atoms with van der Waals surface area (Å²) in [6.45, 7) is 1.25. The highest BCUT2D eigenvalue weighted by Gasteiger charge is 2.37. The summed E-state index contributed by atoms with van der Waals surface area (Å²) in [5, 5.41) is 2.94. The SMILES string of the molecule is COSCCCN(CCC[Si](OC)(OC)OC)C(=O)Nc1ccccc1. The number of nitrogens with one attached hydrogen (secondary N) is 1. The molecule has 0 heterocycles. The summed E-state index contributed by atoms with van der Waals surface area (Å²) in [4.78, 5) is 14.4. The van der Waals surface area contributed by atoms with Crippen molar-refractivity contribution in [2.75, 3.05) is 52.6 Å². The van der Waals surface area contributed by atoms with E-state index in [4.69, 9.17) is 17.5 Å². The third-order valence-corrected chi connectivity index (χ3v) is 7.45. The van der Waals surface area contributed by atoms with E-state index in [1.807, 2.05) is 35.2 Å². The Bertz CT molecular complexity index is 497. The van der Waals surface area contributed by atoms with Gasteiger partial charge < -0.3 is 27.7 Å². The van der Waals surface area contributed by atoms with Crippen LogP contribution in [0.2, 0.25) is 6.04 Å². The molecule has 1 N–H and O–H groups in total. The minimum atomic E-state index is -2.62. The van der Waals surface area contributed by atoms with Crippen molar-refractivity contribution in [1.82, 2.24) is 4.90 Å². The van der Waals surface area contributed by atoms with Crippen LogP contribution in [0.3, 0.4) is 0 Å². The van der Waals surface area contributed by atoms with Crippen LogP contribution < -0.4 is 5.32 Å². The third-order valence-electron chi connectivity index (χ3n) is 3.93. The van der Waals surface area contributed by atoms with E-state index in [2.05, 4.69) is 5.32 Å². The van der Waals surface area contributed by atoms with Gasteiger partial charge in [-0.15, -0.1) is 0 Å². The molecular weight excluding hydrogens is 372 g/mol. The molecule has 0 fully saturated rings. The van der Waals surface area contributed by atoms with Crippen molar-refractivity contribution < 1.29 is 22.3 Å². The van der Waals surface area contributed by atoms with E-state index in [9.17, 15) is 4.79 Å². The predicted octanol–water partition coefficient (Wildman–Crippen LogP) is 3.47. The van der Waals surface area contributed by atoms with Crippen LogP contribution in [-0.4, -0.2) is 67.0 Å². The Morgan fingerprint density at radius 1 is 1.04 bits per heavy atom. The third kappa shape index (κ3) is 8.06. The molecule has 9 heteroatoms. The molecule has 7 nitrogen and oxygen atoms in total. The molecule has 26 heavy (non-hydrogen) atoms. The average Bonchev–Trinajstić information content (AvgIpc) is 2.68. The van der Waals surface area contributed by atoms with Gasteiger partial charge in [0, 0.05) is 51.9 Å². The lowest BCUT2D eigenvalue weighted by molar-refractivity contribution is 0.121. The van der Waals surface area contributed by atoms with Gasteiger partial charge in [0.05, 0.1) is 7.11 Å². The van der Waals surface area contributed by atoms with Crippen LogP contribution in [0.4, 0.5) is 10.5 Å². The standard InChI is InChI=1S/C17H30N2O5SSi/c1-21-25-14-8-12-19(13-9-15-26(22-2,23-3)24-4)17(20)18-16-10-6-5-7-11-16/h5-7,10-11H,8-9,12-15H2,1-4H3,(H,18,20). The molecule has 1 aromatic carbocycles. The van der Waals surface area contributed by atoms with E-state index >= 15 is 0 Å². The summed E-state index contributed by atoms with van der Waals surface area (Å²) in [7, 11) is 3.82. The number of para-hydroxylation sites is 1. The first-order chi connectivity index (χ1) is 12.6. The van der Waals surface area contributed by atoms with E-state index in [0.717, 1.165) is 24.3 Å². The van der Waals surface area contributed by atoms with Crippen molar-refractivity contribution in [2.24, 2.45) is 0 Å². The molecule has 0 bridgehead atoms. The maximum absolute atomic E-state index is 12.6. The van der Waals surface area contributed by atoms with E-state index in [0.29, 0.717) is 19.1 Å². The van der Waals surface area contributed by atoms with Gasteiger partial charge in [-0.2, -0.15) is 0 Å². The van der Waals surface area contributed by atoms with Gasteiger partial charge in [0.15, 0.2) is 0 Å². The van der Waals surface area contributed by atoms with E-state index < -0.39 is 8.80 Å². The van der Waals surface area contributed by atoms with Gasteiger partial charge in [0.25, 0.3) is 0 Å². The zero-order chi connectivity index (χ0) is 19.3. The number of hydrogen-bond donors (Lipinski definition) is 1. The number of amides is 2. The van der Waals surface area contributed by atoms with Crippen molar-refractivity contribution in [2.45, 2.75) is 18.9 Å². The number of benzene rings is 1. The number of carbonyl (C=O) groups is 1. The molecule has 148 valence electrons. The van der Waals surface area contributed by atoms with Crippen LogP contribution in [0.5, 0.6) is 0 Å². The van der Waals surface area contributed by atoms with E-state index in [-0.39, 0.29) is 6.03 Å². The van der Waals surface area contributed by atoms with Crippen molar-refractivity contribution in [3.8, 4) is 0 Å². The Balaban J connectivity index is 2.60. The first-order valence-corrected chi connectivity index (χ1v) is 11.4. The molecule has 0 aliphatic carbocycles. The fourth-order valence-electron chi connectivity index (χ4n) is 2.48. The van der Waals surface area contributed by atoms with E-state index in [1.165, 1.54) is 12.0 Å². The van der Waals surface area contributed by atoms with Crippen LogP contribution >= 0.6 is 12.0 Å². The molecule has 0 unspecified atom stereocenters. The van der Waals surface area contributed by atoms with Crippen molar-refractivity contribution in [1.29, 1.82) is 0 Å². The lowest BCUT2D eigenvalue weighted by Gasteiger charge is -2.27. The fourth-order valence-corrected chi connectivity index (χ4v) is 4.60. The molecule has 1 aromatic rings. The molecule has 0 aromatic heterocycles. The van der Waals surface area contributed by atoms with Gasteiger partial charge in [0.2, 0.25) is 0 Å². The number of hydrogen-bond acceptors (Lipinski definition) is 6. The first-order valence-electron chi connectivity index (χ1n) is 8.53. The Morgan fingerprint density at radius 2 is 1.65 bits per heavy atom. The summed E-state index contributed by atoms with van der Waals surface area (Å²) in [5.41, 5.74) is 0.781. The lowest BCUT2D eigenvalue weighted by atomic mass is 10.3. The molecule has 1 rings (SSSR count). The highest BCUT2D eigenvalue weighted by atomic mass is 32.2. The molecule has 0 saturated heterocycles. The highest BCUT2D eigenvalue weighted by Crippen LogP contribution is 2.16.